The van der Waals surface area contributed by atoms with Crippen molar-refractivity contribution in [2.75, 3.05) is 6.54 Å². The maximum Gasteiger partial charge on any atom is 0.215 e. The van der Waals surface area contributed by atoms with E-state index in [-0.39, 0.29) is 5.75 Å². The highest BCUT2D eigenvalue weighted by molar-refractivity contribution is 7.88. The monoisotopic (exact) mass is 227 g/mol. The summed E-state index contributed by atoms with van der Waals surface area (Å²) in [6, 6.07) is 9.20. The van der Waals surface area contributed by atoms with E-state index in [1.165, 1.54) is 0 Å². The van der Waals surface area contributed by atoms with Gasteiger partial charge in [0.05, 0.1) is 5.75 Å². The molecule has 0 atom stereocenters. The summed E-state index contributed by atoms with van der Waals surface area (Å²) >= 11 is 0. The molecule has 1 N–H and O–H groups in total. The lowest BCUT2D eigenvalue weighted by molar-refractivity contribution is 0.577. The van der Waals surface area contributed by atoms with E-state index in [4.69, 9.17) is 0 Å². The van der Waals surface area contributed by atoms with E-state index in [9.17, 15) is 8.42 Å². The average molecular weight is 227 g/mol. The van der Waals surface area contributed by atoms with Gasteiger partial charge in [-0.25, -0.2) is 13.1 Å². The molecule has 1 rings (SSSR count). The molecule has 0 saturated carbocycles. The van der Waals surface area contributed by atoms with E-state index < -0.39 is 10.0 Å². The van der Waals surface area contributed by atoms with Crippen LogP contribution in [0.15, 0.2) is 30.3 Å². The third-order valence-corrected chi connectivity index (χ3v) is 3.41. The standard InChI is InChI=1S/C11H17NO2S/c1-2-3-9-12-15(13,14)10-11-7-5-4-6-8-11/h4-8,12H,2-3,9-10H2,1H3. The maximum absolute atomic E-state index is 11.6. The van der Waals surface area contributed by atoms with E-state index in [0.29, 0.717) is 6.54 Å². The van der Waals surface area contributed by atoms with Crippen molar-refractivity contribution >= 4 is 10.0 Å². The predicted octanol–water partition coefficient (Wildman–Crippen LogP) is 1.91. The van der Waals surface area contributed by atoms with Crippen LogP contribution in [0.3, 0.4) is 0 Å². The lowest BCUT2D eigenvalue weighted by atomic mass is 10.2. The minimum Gasteiger partial charge on any atom is -0.215 e. The third-order valence-electron chi connectivity index (χ3n) is 2.05. The summed E-state index contributed by atoms with van der Waals surface area (Å²) < 4.78 is 25.7. The molecule has 0 aromatic heterocycles. The predicted molar refractivity (Wildman–Crippen MR) is 62.0 cm³/mol. The second-order valence-electron chi connectivity index (χ2n) is 3.49. The molecular formula is C11H17NO2S. The highest BCUT2D eigenvalue weighted by Gasteiger charge is 2.09. The maximum atomic E-state index is 11.6. The van der Waals surface area contributed by atoms with E-state index in [1.54, 1.807) is 0 Å². The van der Waals surface area contributed by atoms with Gasteiger partial charge in [-0.3, -0.25) is 0 Å². The minimum absolute atomic E-state index is 0.0670. The smallest absolute Gasteiger partial charge is 0.215 e. The van der Waals surface area contributed by atoms with Crippen LogP contribution < -0.4 is 4.72 Å². The van der Waals surface area contributed by atoms with Gasteiger partial charge in [-0.2, -0.15) is 0 Å². The molecule has 0 fully saturated rings. The summed E-state index contributed by atoms with van der Waals surface area (Å²) in [5.74, 6) is 0.0670. The quantitative estimate of drug-likeness (QED) is 0.754. The first kappa shape index (κ1) is 12.2. The number of hydrogen-bond donors (Lipinski definition) is 1. The normalized spacial score (nSPS) is 11.5. The van der Waals surface area contributed by atoms with Gasteiger partial charge in [0.1, 0.15) is 0 Å². The van der Waals surface area contributed by atoms with Gasteiger partial charge in [0.15, 0.2) is 0 Å². The molecule has 0 spiro atoms. The van der Waals surface area contributed by atoms with Gasteiger partial charge in [-0.15, -0.1) is 0 Å². The first-order chi connectivity index (χ1) is 7.14. The van der Waals surface area contributed by atoms with Gasteiger partial charge in [-0.05, 0) is 12.0 Å². The van der Waals surface area contributed by atoms with Crippen molar-refractivity contribution in [1.82, 2.24) is 4.72 Å². The molecule has 0 amide bonds. The van der Waals surface area contributed by atoms with E-state index >= 15 is 0 Å². The fraction of sp³-hybridized carbons (Fsp3) is 0.455. The van der Waals surface area contributed by atoms with E-state index in [1.807, 2.05) is 37.3 Å². The zero-order valence-corrected chi connectivity index (χ0v) is 9.76. The van der Waals surface area contributed by atoms with Gasteiger partial charge >= 0.3 is 0 Å². The second-order valence-corrected chi connectivity index (χ2v) is 5.30. The fourth-order valence-corrected chi connectivity index (χ4v) is 2.44. The Morgan fingerprint density at radius 3 is 2.47 bits per heavy atom. The van der Waals surface area contributed by atoms with Crippen molar-refractivity contribution in [1.29, 1.82) is 0 Å². The molecule has 0 aliphatic heterocycles. The summed E-state index contributed by atoms with van der Waals surface area (Å²) in [6.45, 7) is 2.57. The minimum atomic E-state index is -3.16. The van der Waals surface area contributed by atoms with Gasteiger partial charge in [0.2, 0.25) is 10.0 Å². The Morgan fingerprint density at radius 1 is 1.20 bits per heavy atom. The molecule has 84 valence electrons. The first-order valence-corrected chi connectivity index (χ1v) is 6.80. The number of unbranched alkanes of at least 4 members (excludes halogenated alkanes) is 1. The lowest BCUT2D eigenvalue weighted by Gasteiger charge is -2.05. The van der Waals surface area contributed by atoms with E-state index in [2.05, 4.69) is 4.72 Å². The van der Waals surface area contributed by atoms with Gasteiger partial charge in [0.25, 0.3) is 0 Å². The SMILES string of the molecule is CCCCNS(=O)(=O)Cc1ccccc1. The number of hydrogen-bond acceptors (Lipinski definition) is 2. The van der Waals surface area contributed by atoms with Crippen LogP contribution in [0, 0.1) is 0 Å². The van der Waals surface area contributed by atoms with Crippen LogP contribution in [0.2, 0.25) is 0 Å². The Morgan fingerprint density at radius 2 is 1.87 bits per heavy atom. The van der Waals surface area contributed by atoms with Crippen LogP contribution in [-0.2, 0) is 15.8 Å². The van der Waals surface area contributed by atoms with Crippen molar-refractivity contribution in [3.05, 3.63) is 35.9 Å². The van der Waals surface area contributed by atoms with Crippen molar-refractivity contribution in [3.63, 3.8) is 0 Å². The van der Waals surface area contributed by atoms with Crippen LogP contribution in [0.1, 0.15) is 25.3 Å². The number of benzene rings is 1. The molecule has 0 heterocycles. The summed E-state index contributed by atoms with van der Waals surface area (Å²) in [6.07, 6.45) is 1.88. The second kappa shape index (κ2) is 5.88. The first-order valence-electron chi connectivity index (χ1n) is 5.15. The Hall–Kier alpha value is -0.870. The molecule has 0 radical (unpaired) electrons. The van der Waals surface area contributed by atoms with Crippen molar-refractivity contribution in [2.24, 2.45) is 0 Å². The third kappa shape index (κ3) is 4.95. The fourth-order valence-electron chi connectivity index (χ4n) is 1.25. The number of rotatable bonds is 6. The molecule has 0 aliphatic rings. The number of sulfonamides is 1. The molecule has 0 unspecified atom stereocenters. The highest BCUT2D eigenvalue weighted by atomic mass is 32.2. The van der Waals surface area contributed by atoms with E-state index in [0.717, 1.165) is 18.4 Å². The van der Waals surface area contributed by atoms with Crippen molar-refractivity contribution < 1.29 is 8.42 Å². The van der Waals surface area contributed by atoms with Gasteiger partial charge in [0, 0.05) is 6.54 Å². The summed E-state index contributed by atoms with van der Waals surface area (Å²) in [4.78, 5) is 0. The Labute approximate surface area is 91.6 Å². The lowest BCUT2D eigenvalue weighted by Crippen LogP contribution is -2.26. The summed E-state index contributed by atoms with van der Waals surface area (Å²) in [5.41, 5.74) is 0.821. The molecule has 15 heavy (non-hydrogen) atoms. The van der Waals surface area contributed by atoms with Gasteiger partial charge in [-0.1, -0.05) is 43.7 Å². The average Bonchev–Trinajstić information content (AvgIpc) is 2.18. The van der Waals surface area contributed by atoms with Gasteiger partial charge < -0.3 is 0 Å². The van der Waals surface area contributed by atoms with Crippen molar-refractivity contribution in [2.45, 2.75) is 25.5 Å². The molecule has 4 heteroatoms. The summed E-state index contributed by atoms with van der Waals surface area (Å²) in [7, 11) is -3.16. The van der Waals surface area contributed by atoms with Crippen molar-refractivity contribution in [3.8, 4) is 0 Å². The number of nitrogens with one attached hydrogen (secondary N) is 1. The Kier molecular flexibility index (Phi) is 4.78. The van der Waals surface area contributed by atoms with Crippen LogP contribution in [0.25, 0.3) is 0 Å². The molecular weight excluding hydrogens is 210 g/mol. The highest BCUT2D eigenvalue weighted by Crippen LogP contribution is 2.03. The molecule has 0 bridgehead atoms. The molecule has 0 saturated heterocycles. The zero-order valence-electron chi connectivity index (χ0n) is 8.94. The van der Waals surface area contributed by atoms with Crippen LogP contribution in [-0.4, -0.2) is 15.0 Å². The molecule has 3 nitrogen and oxygen atoms in total. The molecule has 1 aromatic rings. The Bertz CT molecular complexity index is 373. The largest absolute Gasteiger partial charge is 0.215 e. The Balaban J connectivity index is 2.50. The summed E-state index contributed by atoms with van der Waals surface area (Å²) in [5, 5.41) is 0. The van der Waals surface area contributed by atoms with Crippen LogP contribution in [0.5, 0.6) is 0 Å². The van der Waals surface area contributed by atoms with Crippen LogP contribution >= 0.6 is 0 Å². The molecule has 1 aromatic carbocycles. The topological polar surface area (TPSA) is 46.2 Å². The van der Waals surface area contributed by atoms with Crippen LogP contribution in [0.4, 0.5) is 0 Å². The zero-order chi connectivity index (χ0) is 11.1. The molecule has 0 aliphatic carbocycles.